The van der Waals surface area contributed by atoms with Crippen LogP contribution in [0.1, 0.15) is 43.0 Å². The van der Waals surface area contributed by atoms with Crippen LogP contribution in [0.15, 0.2) is 48.5 Å². The average molecular weight is 507 g/mol. The van der Waals surface area contributed by atoms with Gasteiger partial charge in [-0.2, -0.15) is 10.2 Å². The highest BCUT2D eigenvalue weighted by molar-refractivity contribution is 7.21. The number of fused-ring (bicyclic) bond motifs is 1. The number of nitrogens with zero attached hydrogens (tertiary/aromatic N) is 5. The molecule has 1 saturated heterocycles. The number of rotatable bonds is 7. The number of aromatic nitrogens is 4. The van der Waals surface area contributed by atoms with Gasteiger partial charge in [-0.05, 0) is 44.2 Å². The third-order valence-electron chi connectivity index (χ3n) is 7.37. The number of thiazole rings is 1. The Morgan fingerprint density at radius 1 is 1.19 bits per heavy atom. The van der Waals surface area contributed by atoms with E-state index in [-0.39, 0.29) is 17.9 Å². The number of likely N-dealkylation sites (tertiary alicyclic amines) is 1. The molecule has 3 aromatic rings. The molecule has 2 aliphatic heterocycles. The van der Waals surface area contributed by atoms with E-state index in [0.29, 0.717) is 28.8 Å². The number of carbonyl (C=O) groups is 2. The Kier molecular flexibility index (Phi) is 5.68. The summed E-state index contributed by atoms with van der Waals surface area (Å²) >= 11 is 1.50. The summed E-state index contributed by atoms with van der Waals surface area (Å²) in [5.74, 6) is -0.253. The summed E-state index contributed by atoms with van der Waals surface area (Å²) in [7, 11) is 1.87. The van der Waals surface area contributed by atoms with Gasteiger partial charge in [0.2, 0.25) is 5.91 Å². The first-order valence-corrected chi connectivity index (χ1v) is 13.2. The number of carbonyl (C=O) groups excluding carboxylic acids is 2. The Labute approximate surface area is 213 Å². The molecule has 10 nitrogen and oxygen atoms in total. The zero-order valence-electron chi connectivity index (χ0n) is 20.5. The van der Waals surface area contributed by atoms with E-state index in [1.165, 1.54) is 30.6 Å². The van der Waals surface area contributed by atoms with Crippen molar-refractivity contribution in [3.63, 3.8) is 0 Å². The molecule has 3 aromatic heterocycles. The van der Waals surface area contributed by atoms with Crippen molar-refractivity contribution in [1.82, 2.24) is 40.2 Å². The fourth-order valence-corrected chi connectivity index (χ4v) is 6.00. The van der Waals surface area contributed by atoms with Gasteiger partial charge in [0.1, 0.15) is 4.83 Å². The second kappa shape index (κ2) is 8.90. The van der Waals surface area contributed by atoms with Gasteiger partial charge in [-0.25, -0.2) is 4.52 Å². The molecule has 3 aliphatic rings. The predicted octanol–water partition coefficient (Wildman–Crippen LogP) is 2.24. The first-order chi connectivity index (χ1) is 17.4. The maximum Gasteiger partial charge on any atom is 0.260 e. The third kappa shape index (κ3) is 4.56. The van der Waals surface area contributed by atoms with Crippen molar-refractivity contribution >= 4 is 28.0 Å². The number of hydrogen-bond donors (Lipinski definition) is 3. The van der Waals surface area contributed by atoms with Gasteiger partial charge in [0.05, 0.1) is 34.6 Å². The maximum atomic E-state index is 13.2. The minimum absolute atomic E-state index is 0.0175. The van der Waals surface area contributed by atoms with E-state index in [1.807, 2.05) is 32.4 Å². The van der Waals surface area contributed by atoms with Crippen molar-refractivity contribution in [3.8, 4) is 10.4 Å². The molecule has 1 unspecified atom stereocenters. The van der Waals surface area contributed by atoms with E-state index >= 15 is 0 Å². The van der Waals surface area contributed by atoms with E-state index < -0.39 is 0 Å². The molecule has 1 spiro atoms. The molecule has 2 amide bonds. The molecule has 11 heteroatoms. The summed E-state index contributed by atoms with van der Waals surface area (Å²) in [4.78, 5) is 29.9. The largest absolute Gasteiger partial charge is 0.381 e. The Hall–Kier alpha value is -3.44. The van der Waals surface area contributed by atoms with E-state index in [0.717, 1.165) is 34.9 Å². The molecule has 0 radical (unpaired) electrons. The zero-order valence-corrected chi connectivity index (χ0v) is 21.3. The monoisotopic (exact) mass is 506 g/mol. The van der Waals surface area contributed by atoms with Crippen LogP contribution in [0.25, 0.3) is 15.3 Å². The Bertz CT molecular complexity index is 1390. The standard InChI is InChI=1S/C25H30N8O2S/c1-16-20(9-18(11-26-16)29-22(34)3-7-32-8-6-25(15-32)4-5-25)30-23(35)19-12-28-33-14-21(36-24(19)33)17-10-27-31(2)13-17/h9-14,16,26H,3-8,15H2,1-2H3,(H,29,34)(H,30,35). The van der Waals surface area contributed by atoms with Crippen molar-refractivity contribution in [3.05, 3.63) is 54.0 Å². The molecule has 1 atom stereocenters. The van der Waals surface area contributed by atoms with Gasteiger partial charge in [0, 0.05) is 56.4 Å². The van der Waals surface area contributed by atoms with Crippen LogP contribution in [-0.4, -0.2) is 61.8 Å². The van der Waals surface area contributed by atoms with E-state index in [1.54, 1.807) is 27.8 Å². The fourth-order valence-electron chi connectivity index (χ4n) is 4.96. The topological polar surface area (TPSA) is 109 Å². The summed E-state index contributed by atoms with van der Waals surface area (Å²) in [6.07, 6.45) is 15.2. The minimum Gasteiger partial charge on any atom is -0.381 e. The Morgan fingerprint density at radius 2 is 2.06 bits per heavy atom. The van der Waals surface area contributed by atoms with Gasteiger partial charge in [-0.3, -0.25) is 14.3 Å². The van der Waals surface area contributed by atoms with Gasteiger partial charge < -0.3 is 20.9 Å². The van der Waals surface area contributed by atoms with Crippen LogP contribution >= 0.6 is 11.3 Å². The number of aryl methyl sites for hydroxylation is 1. The lowest BCUT2D eigenvalue weighted by atomic mass is 10.1. The van der Waals surface area contributed by atoms with Crippen LogP contribution in [0, 0.1) is 5.41 Å². The average Bonchev–Trinajstić information content (AvgIpc) is 3.25. The van der Waals surface area contributed by atoms with Crippen LogP contribution < -0.4 is 16.0 Å². The summed E-state index contributed by atoms with van der Waals surface area (Å²) in [6.45, 7) is 4.98. The lowest BCUT2D eigenvalue weighted by Crippen LogP contribution is -2.39. The normalized spacial score (nSPS) is 20.8. The van der Waals surface area contributed by atoms with Crippen LogP contribution in [-0.2, 0) is 11.8 Å². The molecule has 1 aliphatic carbocycles. The number of nitrogens with one attached hydrogen (secondary N) is 3. The summed E-state index contributed by atoms with van der Waals surface area (Å²) in [5, 5.41) is 17.8. The zero-order chi connectivity index (χ0) is 24.9. The highest BCUT2D eigenvalue weighted by Crippen LogP contribution is 2.52. The summed E-state index contributed by atoms with van der Waals surface area (Å²) in [5.41, 5.74) is 3.39. The summed E-state index contributed by atoms with van der Waals surface area (Å²) < 4.78 is 3.46. The van der Waals surface area contributed by atoms with Crippen molar-refractivity contribution in [2.24, 2.45) is 12.5 Å². The summed E-state index contributed by atoms with van der Waals surface area (Å²) in [6, 6.07) is -0.103. The van der Waals surface area contributed by atoms with Gasteiger partial charge in [-0.15, -0.1) is 11.3 Å². The molecular weight excluding hydrogens is 476 g/mol. The van der Waals surface area contributed by atoms with Crippen LogP contribution in [0.4, 0.5) is 0 Å². The molecule has 6 rings (SSSR count). The van der Waals surface area contributed by atoms with E-state index in [4.69, 9.17) is 0 Å². The lowest BCUT2D eigenvalue weighted by molar-refractivity contribution is -0.120. The highest BCUT2D eigenvalue weighted by Gasteiger charge is 2.47. The molecule has 2 fully saturated rings. The van der Waals surface area contributed by atoms with Crippen molar-refractivity contribution in [2.45, 2.75) is 38.6 Å². The highest BCUT2D eigenvalue weighted by atomic mass is 32.1. The first-order valence-electron chi connectivity index (χ1n) is 12.4. The van der Waals surface area contributed by atoms with Gasteiger partial charge >= 0.3 is 0 Å². The SMILES string of the molecule is CC1NC=C(NC(=O)CCN2CCC3(CC3)C2)C=C1NC(=O)c1cnn2cc(-c3cnn(C)c3)sc12. The van der Waals surface area contributed by atoms with Gasteiger partial charge in [-0.1, -0.05) is 0 Å². The molecule has 1 saturated carbocycles. The predicted molar refractivity (Wildman–Crippen MR) is 137 cm³/mol. The second-order valence-electron chi connectivity index (χ2n) is 10.2. The molecule has 3 N–H and O–H groups in total. The van der Waals surface area contributed by atoms with Crippen LogP contribution in [0.3, 0.4) is 0 Å². The molecule has 188 valence electrons. The fraction of sp³-hybridized carbons (Fsp3) is 0.440. The maximum absolute atomic E-state index is 13.2. The van der Waals surface area contributed by atoms with E-state index in [9.17, 15) is 9.59 Å². The quantitative estimate of drug-likeness (QED) is 0.454. The third-order valence-corrected chi connectivity index (χ3v) is 8.53. The molecule has 36 heavy (non-hydrogen) atoms. The Balaban J connectivity index is 1.09. The first kappa shape index (κ1) is 23.0. The van der Waals surface area contributed by atoms with Crippen molar-refractivity contribution < 1.29 is 9.59 Å². The Morgan fingerprint density at radius 3 is 2.81 bits per heavy atom. The van der Waals surface area contributed by atoms with Gasteiger partial charge in [0.15, 0.2) is 0 Å². The number of allylic oxidation sites excluding steroid dienone is 1. The second-order valence-corrected chi connectivity index (χ2v) is 11.2. The molecular formula is C25H30N8O2S. The molecule has 0 aromatic carbocycles. The van der Waals surface area contributed by atoms with Crippen LogP contribution in [0.5, 0.6) is 0 Å². The van der Waals surface area contributed by atoms with E-state index in [2.05, 4.69) is 31.0 Å². The van der Waals surface area contributed by atoms with Gasteiger partial charge in [0.25, 0.3) is 5.91 Å². The number of dihydropyridines is 1. The molecule has 5 heterocycles. The minimum atomic E-state index is -0.236. The molecule has 0 bridgehead atoms. The smallest absolute Gasteiger partial charge is 0.260 e. The lowest BCUT2D eigenvalue weighted by Gasteiger charge is -2.23. The number of hydrogen-bond acceptors (Lipinski definition) is 7. The van der Waals surface area contributed by atoms with Crippen molar-refractivity contribution in [2.75, 3.05) is 19.6 Å². The van der Waals surface area contributed by atoms with Crippen LogP contribution in [0.2, 0.25) is 0 Å². The number of amides is 2. The van der Waals surface area contributed by atoms with Crippen molar-refractivity contribution in [1.29, 1.82) is 0 Å².